The van der Waals surface area contributed by atoms with Gasteiger partial charge in [-0.3, -0.25) is 4.79 Å². The lowest BCUT2D eigenvalue weighted by atomic mass is 9.84. The molecule has 138 valence electrons. The molecule has 5 heteroatoms. The first kappa shape index (κ1) is 17.3. The van der Waals surface area contributed by atoms with Gasteiger partial charge in [0.25, 0.3) is 5.91 Å². The molecular weight excluding hydrogens is 324 g/mol. The molecule has 26 heavy (non-hydrogen) atoms. The molecule has 1 aromatic carbocycles. The van der Waals surface area contributed by atoms with Crippen LogP contribution in [0, 0.1) is 12.8 Å². The zero-order valence-corrected chi connectivity index (χ0v) is 15.5. The first-order valence-corrected chi connectivity index (χ1v) is 9.86. The van der Waals surface area contributed by atoms with Gasteiger partial charge < -0.3 is 11.1 Å². The minimum Gasteiger partial charge on any atom is -0.348 e. The number of hydrogen-bond acceptors (Lipinski definition) is 3. The topological polar surface area (TPSA) is 72.9 Å². The number of nitrogens with one attached hydrogen (secondary N) is 1. The van der Waals surface area contributed by atoms with Crippen molar-refractivity contribution in [1.82, 2.24) is 15.1 Å². The number of aromatic nitrogens is 2. The molecule has 2 atom stereocenters. The molecule has 2 aliphatic carbocycles. The molecule has 0 aliphatic heterocycles. The summed E-state index contributed by atoms with van der Waals surface area (Å²) < 4.78 is 1.97. The molecule has 2 aliphatic rings. The van der Waals surface area contributed by atoms with Crippen molar-refractivity contribution in [2.24, 2.45) is 11.7 Å². The highest BCUT2D eigenvalue weighted by Gasteiger charge is 2.30. The fourth-order valence-corrected chi connectivity index (χ4v) is 4.44. The van der Waals surface area contributed by atoms with Gasteiger partial charge in [-0.1, -0.05) is 30.5 Å². The van der Waals surface area contributed by atoms with Gasteiger partial charge in [0.05, 0.1) is 5.69 Å². The smallest absolute Gasteiger partial charge is 0.272 e. The number of aryl methyl sites for hydroxylation is 1. The van der Waals surface area contributed by atoms with Crippen LogP contribution in [0.2, 0.25) is 0 Å². The molecule has 2 aromatic rings. The maximum atomic E-state index is 13.0. The highest BCUT2D eigenvalue weighted by molar-refractivity contribution is 5.94. The minimum atomic E-state index is -0.0284. The standard InChI is InChI=1S/C21H28N4O/c1-14-9-11-16(12-10-14)25-19-8-4-6-17(19)20(24-25)21(26)23-18-7-3-2-5-15(18)13-22/h9-12,15,18H,2-8,13,22H2,1H3,(H,23,26). The molecule has 1 heterocycles. The molecular formula is C21H28N4O. The van der Waals surface area contributed by atoms with Gasteiger partial charge in [0.1, 0.15) is 0 Å². The zero-order chi connectivity index (χ0) is 18.1. The van der Waals surface area contributed by atoms with Crippen LogP contribution in [0.15, 0.2) is 24.3 Å². The molecule has 4 rings (SSSR count). The summed E-state index contributed by atoms with van der Waals surface area (Å²) >= 11 is 0. The van der Waals surface area contributed by atoms with E-state index in [0.717, 1.165) is 49.8 Å². The number of hydrogen-bond donors (Lipinski definition) is 2. The maximum absolute atomic E-state index is 13.0. The number of carbonyl (C=O) groups excluding carboxylic acids is 1. The van der Waals surface area contributed by atoms with E-state index in [1.165, 1.54) is 17.7 Å². The van der Waals surface area contributed by atoms with Gasteiger partial charge in [-0.25, -0.2) is 4.68 Å². The Bertz CT molecular complexity index is 793. The van der Waals surface area contributed by atoms with Crippen molar-refractivity contribution in [2.45, 2.75) is 57.9 Å². The van der Waals surface area contributed by atoms with Gasteiger partial charge in [-0.05, 0) is 63.6 Å². The van der Waals surface area contributed by atoms with Crippen molar-refractivity contribution in [3.8, 4) is 5.69 Å². The summed E-state index contributed by atoms with van der Waals surface area (Å²) in [5.74, 6) is 0.360. The van der Waals surface area contributed by atoms with Gasteiger partial charge >= 0.3 is 0 Å². The van der Waals surface area contributed by atoms with Crippen LogP contribution in [-0.4, -0.2) is 28.3 Å². The Kier molecular flexibility index (Phi) is 4.81. The third-order valence-corrected chi connectivity index (χ3v) is 5.95. The van der Waals surface area contributed by atoms with Crippen LogP contribution in [-0.2, 0) is 12.8 Å². The maximum Gasteiger partial charge on any atom is 0.272 e. The summed E-state index contributed by atoms with van der Waals surface area (Å²) in [6, 6.07) is 8.52. The lowest BCUT2D eigenvalue weighted by Crippen LogP contribution is -2.45. The Morgan fingerprint density at radius 3 is 2.73 bits per heavy atom. The van der Waals surface area contributed by atoms with Crippen LogP contribution in [0.5, 0.6) is 0 Å². The van der Waals surface area contributed by atoms with E-state index in [4.69, 9.17) is 10.8 Å². The van der Waals surface area contributed by atoms with E-state index in [1.807, 2.05) is 4.68 Å². The van der Waals surface area contributed by atoms with E-state index in [-0.39, 0.29) is 11.9 Å². The van der Waals surface area contributed by atoms with E-state index in [0.29, 0.717) is 18.2 Å². The Morgan fingerprint density at radius 2 is 1.96 bits per heavy atom. The first-order chi connectivity index (χ1) is 12.7. The van der Waals surface area contributed by atoms with Gasteiger partial charge in [0.15, 0.2) is 5.69 Å². The quantitative estimate of drug-likeness (QED) is 0.888. The second-order valence-corrected chi connectivity index (χ2v) is 7.73. The molecule has 1 fully saturated rings. The Hall–Kier alpha value is -2.14. The molecule has 1 aromatic heterocycles. The molecule has 1 amide bonds. The Balaban J connectivity index is 1.61. The molecule has 3 N–H and O–H groups in total. The second-order valence-electron chi connectivity index (χ2n) is 7.73. The van der Waals surface area contributed by atoms with Crippen molar-refractivity contribution in [1.29, 1.82) is 0 Å². The second kappa shape index (κ2) is 7.23. The summed E-state index contributed by atoms with van der Waals surface area (Å²) in [5.41, 5.74) is 11.1. The van der Waals surface area contributed by atoms with Crippen molar-refractivity contribution >= 4 is 5.91 Å². The Morgan fingerprint density at radius 1 is 1.19 bits per heavy atom. The third-order valence-electron chi connectivity index (χ3n) is 5.95. The number of fused-ring (bicyclic) bond motifs is 1. The van der Waals surface area contributed by atoms with Gasteiger partial charge in [-0.2, -0.15) is 5.10 Å². The van der Waals surface area contributed by atoms with E-state index >= 15 is 0 Å². The lowest BCUT2D eigenvalue weighted by molar-refractivity contribution is 0.0901. The van der Waals surface area contributed by atoms with Crippen molar-refractivity contribution in [2.75, 3.05) is 6.54 Å². The van der Waals surface area contributed by atoms with Crippen LogP contribution in [0.4, 0.5) is 0 Å². The van der Waals surface area contributed by atoms with Crippen molar-refractivity contribution in [3.63, 3.8) is 0 Å². The van der Waals surface area contributed by atoms with Crippen molar-refractivity contribution < 1.29 is 4.79 Å². The van der Waals surface area contributed by atoms with Crippen LogP contribution in [0.3, 0.4) is 0 Å². The minimum absolute atomic E-state index is 0.0284. The number of nitrogens with zero attached hydrogens (tertiary/aromatic N) is 2. The number of nitrogens with two attached hydrogens (primary N) is 1. The van der Waals surface area contributed by atoms with E-state index in [1.54, 1.807) is 0 Å². The van der Waals surface area contributed by atoms with Crippen LogP contribution < -0.4 is 11.1 Å². The number of rotatable bonds is 4. The molecule has 5 nitrogen and oxygen atoms in total. The third kappa shape index (κ3) is 3.16. The van der Waals surface area contributed by atoms with Crippen LogP contribution >= 0.6 is 0 Å². The number of carbonyl (C=O) groups is 1. The van der Waals surface area contributed by atoms with Gasteiger partial charge in [0, 0.05) is 17.3 Å². The molecule has 0 spiro atoms. The molecule has 1 saturated carbocycles. The highest BCUT2D eigenvalue weighted by Crippen LogP contribution is 2.29. The summed E-state index contributed by atoms with van der Waals surface area (Å²) in [6.07, 6.45) is 7.52. The highest BCUT2D eigenvalue weighted by atomic mass is 16.2. The zero-order valence-electron chi connectivity index (χ0n) is 15.5. The van der Waals surface area contributed by atoms with Gasteiger partial charge in [-0.15, -0.1) is 0 Å². The fraction of sp³-hybridized carbons (Fsp3) is 0.524. The van der Waals surface area contributed by atoms with Gasteiger partial charge in [0.2, 0.25) is 0 Å². The summed E-state index contributed by atoms with van der Waals surface area (Å²) in [5, 5.41) is 7.97. The van der Waals surface area contributed by atoms with Crippen LogP contribution in [0.25, 0.3) is 5.69 Å². The predicted octanol–water partition coefficient (Wildman–Crippen LogP) is 2.92. The molecule has 0 radical (unpaired) electrons. The van der Waals surface area contributed by atoms with Crippen LogP contribution in [0.1, 0.15) is 59.4 Å². The van der Waals surface area contributed by atoms with E-state index in [2.05, 4.69) is 36.5 Å². The average molecular weight is 352 g/mol. The lowest BCUT2D eigenvalue weighted by Gasteiger charge is -2.31. The summed E-state index contributed by atoms with van der Waals surface area (Å²) in [7, 11) is 0. The van der Waals surface area contributed by atoms with Crippen molar-refractivity contribution in [3.05, 3.63) is 46.8 Å². The molecule has 2 unspecified atom stereocenters. The molecule has 0 bridgehead atoms. The monoisotopic (exact) mass is 352 g/mol. The summed E-state index contributed by atoms with van der Waals surface area (Å²) in [6.45, 7) is 2.72. The van der Waals surface area contributed by atoms with E-state index in [9.17, 15) is 4.79 Å². The fourth-order valence-electron chi connectivity index (χ4n) is 4.44. The van der Waals surface area contributed by atoms with E-state index < -0.39 is 0 Å². The molecule has 0 saturated heterocycles. The largest absolute Gasteiger partial charge is 0.348 e. The normalized spacial score (nSPS) is 22.2. The Labute approximate surface area is 155 Å². The number of benzene rings is 1. The first-order valence-electron chi connectivity index (χ1n) is 9.86. The summed E-state index contributed by atoms with van der Waals surface area (Å²) in [4.78, 5) is 13.0. The number of amides is 1. The predicted molar refractivity (Wildman–Crippen MR) is 103 cm³/mol. The average Bonchev–Trinajstić information content (AvgIpc) is 3.25. The SMILES string of the molecule is Cc1ccc(-n2nc(C(=O)NC3CCCCC3CN)c3c2CCC3)cc1.